The molecule has 2 amide bonds. The van der Waals surface area contributed by atoms with E-state index < -0.39 is 6.03 Å². The monoisotopic (exact) mass is 243 g/mol. The second-order valence-electron chi connectivity index (χ2n) is 3.62. The summed E-state index contributed by atoms with van der Waals surface area (Å²) >= 11 is 0. The number of nitrogens with zero attached hydrogens (tertiary/aromatic N) is 2. The second kappa shape index (κ2) is 5.62. The van der Waals surface area contributed by atoms with Crippen LogP contribution in [0.1, 0.15) is 5.69 Å². The molecule has 0 atom stereocenters. The van der Waals surface area contributed by atoms with Gasteiger partial charge in [0.05, 0.1) is 12.2 Å². The first-order valence-electron chi connectivity index (χ1n) is 5.39. The van der Waals surface area contributed by atoms with Crippen molar-refractivity contribution in [3.8, 4) is 0 Å². The van der Waals surface area contributed by atoms with Crippen molar-refractivity contribution < 1.29 is 4.79 Å². The molecule has 1 heterocycles. The molecule has 92 valence electrons. The average molecular weight is 243 g/mol. The summed E-state index contributed by atoms with van der Waals surface area (Å²) in [4.78, 5) is 18.6. The topological polar surface area (TPSA) is 92.9 Å². The van der Waals surface area contributed by atoms with Crippen LogP contribution in [0, 0.1) is 0 Å². The van der Waals surface area contributed by atoms with Gasteiger partial charge in [-0.3, -0.25) is 0 Å². The maximum absolute atomic E-state index is 10.6. The number of carbonyl (C=O) groups excluding carboxylic acids is 1. The van der Waals surface area contributed by atoms with E-state index in [-0.39, 0.29) is 0 Å². The predicted molar refractivity (Wildman–Crippen MR) is 69.0 cm³/mol. The Balaban J connectivity index is 1.92. The maximum atomic E-state index is 10.6. The number of nitrogens with two attached hydrogens (primary N) is 1. The molecule has 0 aliphatic heterocycles. The molecular weight excluding hydrogens is 230 g/mol. The van der Waals surface area contributed by atoms with Gasteiger partial charge in [0.2, 0.25) is 0 Å². The zero-order valence-electron chi connectivity index (χ0n) is 9.63. The van der Waals surface area contributed by atoms with Gasteiger partial charge in [-0.2, -0.15) is 0 Å². The summed E-state index contributed by atoms with van der Waals surface area (Å²) < 4.78 is 0. The number of carbonyl (C=O) groups is 1. The minimum absolute atomic E-state index is 0.573. The lowest BCUT2D eigenvalue weighted by atomic mass is 10.2. The Kier molecular flexibility index (Phi) is 3.70. The van der Waals surface area contributed by atoms with E-state index >= 15 is 0 Å². The van der Waals surface area contributed by atoms with Crippen molar-refractivity contribution >= 4 is 17.4 Å². The van der Waals surface area contributed by atoms with Gasteiger partial charge in [0.1, 0.15) is 6.33 Å². The first-order valence-corrected chi connectivity index (χ1v) is 5.39. The molecule has 0 bridgehead atoms. The molecule has 0 aliphatic rings. The van der Waals surface area contributed by atoms with Crippen LogP contribution in [0.5, 0.6) is 0 Å². The van der Waals surface area contributed by atoms with Gasteiger partial charge in [0, 0.05) is 17.6 Å². The molecule has 4 N–H and O–H groups in total. The van der Waals surface area contributed by atoms with Gasteiger partial charge >= 0.3 is 6.03 Å². The van der Waals surface area contributed by atoms with E-state index in [1.807, 2.05) is 18.2 Å². The predicted octanol–water partition coefficient (Wildman–Crippen LogP) is 1.58. The van der Waals surface area contributed by atoms with Crippen LogP contribution in [0.15, 0.2) is 42.9 Å². The van der Waals surface area contributed by atoms with Crippen molar-refractivity contribution in [2.45, 2.75) is 6.54 Å². The second-order valence-corrected chi connectivity index (χ2v) is 3.62. The van der Waals surface area contributed by atoms with E-state index in [0.29, 0.717) is 12.2 Å². The fourth-order valence-corrected chi connectivity index (χ4v) is 1.43. The van der Waals surface area contributed by atoms with Crippen molar-refractivity contribution in [2.75, 3.05) is 10.6 Å². The van der Waals surface area contributed by atoms with Gasteiger partial charge in [0.25, 0.3) is 0 Å². The molecular formula is C12H13N5O. The lowest BCUT2D eigenvalue weighted by Gasteiger charge is -2.07. The Labute approximate surface area is 104 Å². The zero-order valence-corrected chi connectivity index (χ0v) is 9.63. The molecule has 0 fully saturated rings. The Hall–Kier alpha value is -2.63. The van der Waals surface area contributed by atoms with Crippen LogP contribution in [-0.4, -0.2) is 16.0 Å². The quantitative estimate of drug-likeness (QED) is 0.760. The molecule has 1 aromatic heterocycles. The molecule has 0 unspecified atom stereocenters. The first kappa shape index (κ1) is 11.8. The fraction of sp³-hybridized carbons (Fsp3) is 0.0833. The number of hydrogen-bond acceptors (Lipinski definition) is 4. The van der Waals surface area contributed by atoms with E-state index in [0.717, 1.165) is 11.4 Å². The third-order valence-corrected chi connectivity index (χ3v) is 2.27. The summed E-state index contributed by atoms with van der Waals surface area (Å²) in [6.45, 7) is 0.616. The number of urea groups is 1. The molecule has 0 aliphatic carbocycles. The maximum Gasteiger partial charge on any atom is 0.316 e. The van der Waals surface area contributed by atoms with Crippen LogP contribution in [0.2, 0.25) is 0 Å². The standard InChI is InChI=1S/C12H13N5O/c13-12(18)17-10-3-1-9(2-4-10)15-7-11-5-6-14-8-16-11/h1-6,8,15H,7H2,(H3,13,17,18). The van der Waals surface area contributed by atoms with E-state index in [1.165, 1.54) is 6.33 Å². The van der Waals surface area contributed by atoms with Crippen molar-refractivity contribution in [2.24, 2.45) is 5.73 Å². The third-order valence-electron chi connectivity index (χ3n) is 2.27. The first-order chi connectivity index (χ1) is 8.74. The van der Waals surface area contributed by atoms with Crippen LogP contribution >= 0.6 is 0 Å². The number of hydrogen-bond donors (Lipinski definition) is 3. The van der Waals surface area contributed by atoms with Crippen LogP contribution in [-0.2, 0) is 6.54 Å². The minimum Gasteiger partial charge on any atom is -0.379 e. The molecule has 0 saturated heterocycles. The molecule has 0 saturated carbocycles. The van der Waals surface area contributed by atoms with Gasteiger partial charge in [-0.05, 0) is 30.3 Å². The summed E-state index contributed by atoms with van der Waals surface area (Å²) in [7, 11) is 0. The highest BCUT2D eigenvalue weighted by Gasteiger charge is 1.97. The lowest BCUT2D eigenvalue weighted by Crippen LogP contribution is -2.19. The number of rotatable bonds is 4. The molecule has 0 spiro atoms. The van der Waals surface area contributed by atoms with Crippen molar-refractivity contribution in [1.82, 2.24) is 9.97 Å². The number of nitrogens with one attached hydrogen (secondary N) is 2. The molecule has 2 rings (SSSR count). The lowest BCUT2D eigenvalue weighted by molar-refractivity contribution is 0.259. The number of aromatic nitrogens is 2. The summed E-state index contributed by atoms with van der Waals surface area (Å²) in [6, 6.07) is 8.52. The summed E-state index contributed by atoms with van der Waals surface area (Å²) in [5.41, 5.74) is 7.52. The van der Waals surface area contributed by atoms with Gasteiger partial charge < -0.3 is 16.4 Å². The van der Waals surface area contributed by atoms with Gasteiger partial charge in [0.15, 0.2) is 0 Å². The summed E-state index contributed by atoms with van der Waals surface area (Å²) in [6.07, 6.45) is 3.21. The van der Waals surface area contributed by atoms with Crippen LogP contribution < -0.4 is 16.4 Å². The Bertz CT molecular complexity index is 512. The van der Waals surface area contributed by atoms with E-state index in [4.69, 9.17) is 5.73 Å². The fourth-order valence-electron chi connectivity index (χ4n) is 1.43. The van der Waals surface area contributed by atoms with Crippen molar-refractivity contribution in [1.29, 1.82) is 0 Å². The largest absolute Gasteiger partial charge is 0.379 e. The molecule has 1 aromatic carbocycles. The van der Waals surface area contributed by atoms with Crippen LogP contribution in [0.25, 0.3) is 0 Å². The SMILES string of the molecule is NC(=O)Nc1ccc(NCc2ccncn2)cc1. The number of amides is 2. The number of anilines is 2. The summed E-state index contributed by atoms with van der Waals surface area (Å²) in [5.74, 6) is 0. The van der Waals surface area contributed by atoms with Crippen molar-refractivity contribution in [3.63, 3.8) is 0 Å². The molecule has 0 radical (unpaired) electrons. The normalized spacial score (nSPS) is 9.78. The van der Waals surface area contributed by atoms with E-state index in [1.54, 1.807) is 18.3 Å². The molecule has 6 heteroatoms. The van der Waals surface area contributed by atoms with Crippen molar-refractivity contribution in [3.05, 3.63) is 48.5 Å². The number of benzene rings is 1. The van der Waals surface area contributed by atoms with Gasteiger partial charge in [-0.1, -0.05) is 0 Å². The van der Waals surface area contributed by atoms with E-state index in [2.05, 4.69) is 20.6 Å². The Morgan fingerprint density at radius 1 is 1.17 bits per heavy atom. The molecule has 18 heavy (non-hydrogen) atoms. The molecule has 2 aromatic rings. The molecule has 6 nitrogen and oxygen atoms in total. The Morgan fingerprint density at radius 3 is 2.50 bits per heavy atom. The minimum atomic E-state index is -0.573. The Morgan fingerprint density at radius 2 is 1.89 bits per heavy atom. The van der Waals surface area contributed by atoms with E-state index in [9.17, 15) is 4.79 Å². The van der Waals surface area contributed by atoms with Gasteiger partial charge in [-0.15, -0.1) is 0 Å². The zero-order chi connectivity index (χ0) is 12.8. The third kappa shape index (κ3) is 3.44. The number of primary amides is 1. The highest BCUT2D eigenvalue weighted by atomic mass is 16.2. The highest BCUT2D eigenvalue weighted by molar-refractivity contribution is 5.87. The average Bonchev–Trinajstić information content (AvgIpc) is 2.38. The summed E-state index contributed by atoms with van der Waals surface area (Å²) in [5, 5.41) is 5.70. The van der Waals surface area contributed by atoms with Gasteiger partial charge in [-0.25, -0.2) is 14.8 Å². The smallest absolute Gasteiger partial charge is 0.316 e. The van der Waals surface area contributed by atoms with Crippen LogP contribution in [0.4, 0.5) is 16.2 Å². The van der Waals surface area contributed by atoms with Crippen LogP contribution in [0.3, 0.4) is 0 Å². The highest BCUT2D eigenvalue weighted by Crippen LogP contribution is 2.13.